The number of nitrogens with one attached hydrogen (secondary N) is 2. The number of H-pyrrole nitrogens is 1. The standard InChI is InChI=1S/C20H21N3O4/c1-13(24)14-5-8-18(19(11-14)26-2)27-9-3-4-20(25)22-16-6-7-17-15(10-16)12-21-23-17/h5-8,10-12H,3-4,9H2,1-2H3,(H,21,23)(H,22,25). The maximum Gasteiger partial charge on any atom is 0.224 e. The number of methoxy groups -OCH3 is 1. The molecule has 0 fully saturated rings. The van der Waals surface area contributed by atoms with E-state index in [4.69, 9.17) is 9.47 Å². The molecule has 0 radical (unpaired) electrons. The van der Waals surface area contributed by atoms with Gasteiger partial charge in [-0.25, -0.2) is 0 Å². The average molecular weight is 367 g/mol. The number of aromatic nitrogens is 2. The van der Waals surface area contributed by atoms with E-state index in [9.17, 15) is 9.59 Å². The summed E-state index contributed by atoms with van der Waals surface area (Å²) >= 11 is 0. The number of Topliss-reactive ketones (excluding diaryl/α,β-unsaturated/α-hetero) is 1. The minimum atomic E-state index is -0.0830. The number of ketones is 1. The Bertz CT molecular complexity index is 965. The van der Waals surface area contributed by atoms with Crippen molar-refractivity contribution in [3.05, 3.63) is 48.2 Å². The first-order valence-corrected chi connectivity index (χ1v) is 8.61. The highest BCUT2D eigenvalue weighted by Crippen LogP contribution is 2.28. The fourth-order valence-electron chi connectivity index (χ4n) is 2.66. The monoisotopic (exact) mass is 367 g/mol. The van der Waals surface area contributed by atoms with Crippen molar-refractivity contribution in [3.63, 3.8) is 0 Å². The van der Waals surface area contributed by atoms with Gasteiger partial charge in [-0.15, -0.1) is 0 Å². The van der Waals surface area contributed by atoms with Crippen LogP contribution in [0.25, 0.3) is 10.9 Å². The molecule has 1 heterocycles. The van der Waals surface area contributed by atoms with Gasteiger partial charge < -0.3 is 14.8 Å². The van der Waals surface area contributed by atoms with Gasteiger partial charge in [0, 0.05) is 23.1 Å². The van der Waals surface area contributed by atoms with Crippen LogP contribution in [0.2, 0.25) is 0 Å². The molecular weight excluding hydrogens is 346 g/mol. The topological polar surface area (TPSA) is 93.3 Å². The van der Waals surface area contributed by atoms with Crippen LogP contribution in [-0.4, -0.2) is 35.6 Å². The number of hydrogen-bond donors (Lipinski definition) is 2. The lowest BCUT2D eigenvalue weighted by atomic mass is 10.1. The predicted octanol–water partition coefficient (Wildman–Crippen LogP) is 3.57. The first-order valence-electron chi connectivity index (χ1n) is 8.61. The molecular formula is C20H21N3O4. The van der Waals surface area contributed by atoms with Crippen LogP contribution in [0.15, 0.2) is 42.6 Å². The Morgan fingerprint density at radius 3 is 2.78 bits per heavy atom. The van der Waals surface area contributed by atoms with Crippen LogP contribution < -0.4 is 14.8 Å². The fraction of sp³-hybridized carbons (Fsp3) is 0.250. The smallest absolute Gasteiger partial charge is 0.224 e. The van der Waals surface area contributed by atoms with E-state index in [1.165, 1.54) is 14.0 Å². The van der Waals surface area contributed by atoms with Crippen molar-refractivity contribution in [2.24, 2.45) is 0 Å². The van der Waals surface area contributed by atoms with Gasteiger partial charge in [0.1, 0.15) is 0 Å². The number of rotatable bonds is 8. The Morgan fingerprint density at radius 1 is 1.15 bits per heavy atom. The Morgan fingerprint density at radius 2 is 2.00 bits per heavy atom. The summed E-state index contributed by atoms with van der Waals surface area (Å²) in [5, 5.41) is 10.6. The summed E-state index contributed by atoms with van der Waals surface area (Å²) in [7, 11) is 1.52. The molecule has 3 rings (SSSR count). The molecule has 140 valence electrons. The van der Waals surface area contributed by atoms with E-state index in [1.807, 2.05) is 18.2 Å². The first kappa shape index (κ1) is 18.4. The highest BCUT2D eigenvalue weighted by molar-refractivity contribution is 5.95. The van der Waals surface area contributed by atoms with E-state index in [0.717, 1.165) is 16.6 Å². The molecule has 0 aliphatic heterocycles. The minimum absolute atomic E-state index is 0.0369. The number of hydrogen-bond acceptors (Lipinski definition) is 5. The molecule has 27 heavy (non-hydrogen) atoms. The average Bonchev–Trinajstić information content (AvgIpc) is 3.13. The molecule has 0 saturated heterocycles. The van der Waals surface area contributed by atoms with Crippen molar-refractivity contribution >= 4 is 28.3 Å². The number of fused-ring (bicyclic) bond motifs is 1. The highest BCUT2D eigenvalue weighted by atomic mass is 16.5. The second-order valence-electron chi connectivity index (χ2n) is 6.09. The predicted molar refractivity (Wildman–Crippen MR) is 102 cm³/mol. The van der Waals surface area contributed by atoms with Gasteiger partial charge in [-0.05, 0) is 49.7 Å². The summed E-state index contributed by atoms with van der Waals surface area (Å²) in [5.74, 6) is 0.930. The number of benzene rings is 2. The summed E-state index contributed by atoms with van der Waals surface area (Å²) < 4.78 is 10.9. The fourth-order valence-corrected chi connectivity index (χ4v) is 2.66. The largest absolute Gasteiger partial charge is 0.493 e. The van der Waals surface area contributed by atoms with Crippen LogP contribution in [0.4, 0.5) is 5.69 Å². The molecule has 0 spiro atoms. The summed E-state index contributed by atoms with van der Waals surface area (Å²) in [6.07, 6.45) is 2.60. The van der Waals surface area contributed by atoms with E-state index in [-0.39, 0.29) is 11.7 Å². The first-order chi connectivity index (χ1) is 13.1. The third-order valence-electron chi connectivity index (χ3n) is 4.10. The molecule has 3 aromatic rings. The number of ether oxygens (including phenoxy) is 2. The molecule has 1 aromatic heterocycles. The zero-order valence-corrected chi connectivity index (χ0v) is 15.2. The van der Waals surface area contributed by atoms with Gasteiger partial charge in [-0.3, -0.25) is 14.7 Å². The van der Waals surface area contributed by atoms with Crippen molar-refractivity contribution in [2.75, 3.05) is 19.0 Å². The number of nitrogens with zero attached hydrogens (tertiary/aromatic N) is 1. The van der Waals surface area contributed by atoms with Crippen LogP contribution in [-0.2, 0) is 4.79 Å². The Labute approximate surface area is 156 Å². The Hall–Kier alpha value is -3.35. The molecule has 0 aliphatic rings. The number of carbonyl (C=O) groups excluding carboxylic acids is 2. The molecule has 0 atom stereocenters. The minimum Gasteiger partial charge on any atom is -0.493 e. The van der Waals surface area contributed by atoms with E-state index >= 15 is 0 Å². The van der Waals surface area contributed by atoms with Crippen molar-refractivity contribution in [1.82, 2.24) is 10.2 Å². The third-order valence-corrected chi connectivity index (χ3v) is 4.10. The second kappa shape index (κ2) is 8.35. The molecule has 0 unspecified atom stereocenters. The van der Waals surface area contributed by atoms with Gasteiger partial charge >= 0.3 is 0 Å². The van der Waals surface area contributed by atoms with Gasteiger partial charge in [0.15, 0.2) is 17.3 Å². The molecule has 0 bridgehead atoms. The quantitative estimate of drug-likeness (QED) is 0.469. The van der Waals surface area contributed by atoms with Crippen molar-refractivity contribution < 1.29 is 19.1 Å². The van der Waals surface area contributed by atoms with Crippen molar-refractivity contribution in [2.45, 2.75) is 19.8 Å². The van der Waals surface area contributed by atoms with Gasteiger partial charge in [-0.1, -0.05) is 0 Å². The SMILES string of the molecule is COc1cc(C(C)=O)ccc1OCCCC(=O)Nc1ccc2[nH]ncc2c1. The van der Waals surface area contributed by atoms with Crippen molar-refractivity contribution in [3.8, 4) is 11.5 Å². The Balaban J connectivity index is 1.48. The molecule has 0 saturated carbocycles. The Kier molecular flexibility index (Phi) is 5.71. The lowest BCUT2D eigenvalue weighted by Gasteiger charge is -2.11. The second-order valence-corrected chi connectivity index (χ2v) is 6.09. The zero-order valence-electron chi connectivity index (χ0n) is 15.2. The molecule has 7 nitrogen and oxygen atoms in total. The lowest BCUT2D eigenvalue weighted by Crippen LogP contribution is -2.12. The van der Waals surface area contributed by atoms with E-state index in [0.29, 0.717) is 36.5 Å². The van der Waals surface area contributed by atoms with E-state index < -0.39 is 0 Å². The van der Waals surface area contributed by atoms with Crippen LogP contribution in [0.5, 0.6) is 11.5 Å². The lowest BCUT2D eigenvalue weighted by molar-refractivity contribution is -0.116. The maximum atomic E-state index is 12.1. The summed E-state index contributed by atoms with van der Waals surface area (Å²) in [4.78, 5) is 23.5. The van der Waals surface area contributed by atoms with E-state index in [1.54, 1.807) is 24.4 Å². The molecule has 7 heteroatoms. The zero-order chi connectivity index (χ0) is 19.2. The summed E-state index contributed by atoms with van der Waals surface area (Å²) in [6, 6.07) is 10.6. The van der Waals surface area contributed by atoms with Gasteiger partial charge in [0.2, 0.25) is 5.91 Å². The number of aromatic amines is 1. The normalized spacial score (nSPS) is 10.6. The van der Waals surface area contributed by atoms with Gasteiger partial charge in [0.25, 0.3) is 0 Å². The number of carbonyl (C=O) groups is 2. The van der Waals surface area contributed by atoms with Gasteiger partial charge in [-0.2, -0.15) is 5.10 Å². The van der Waals surface area contributed by atoms with Crippen LogP contribution in [0.3, 0.4) is 0 Å². The van der Waals surface area contributed by atoms with Crippen molar-refractivity contribution in [1.29, 1.82) is 0 Å². The van der Waals surface area contributed by atoms with Crippen LogP contribution >= 0.6 is 0 Å². The number of amides is 1. The summed E-state index contributed by atoms with van der Waals surface area (Å²) in [6.45, 7) is 1.86. The summed E-state index contributed by atoms with van der Waals surface area (Å²) in [5.41, 5.74) is 2.22. The molecule has 2 aromatic carbocycles. The van der Waals surface area contributed by atoms with Crippen LogP contribution in [0, 0.1) is 0 Å². The molecule has 1 amide bonds. The molecule has 2 N–H and O–H groups in total. The van der Waals surface area contributed by atoms with Gasteiger partial charge in [0.05, 0.1) is 25.4 Å². The van der Waals surface area contributed by atoms with Crippen LogP contribution in [0.1, 0.15) is 30.1 Å². The maximum absolute atomic E-state index is 12.1. The molecule has 0 aliphatic carbocycles. The number of anilines is 1. The van der Waals surface area contributed by atoms with E-state index in [2.05, 4.69) is 15.5 Å². The highest BCUT2D eigenvalue weighted by Gasteiger charge is 2.09. The third kappa shape index (κ3) is 4.63.